The molecule has 0 radical (unpaired) electrons. The molecule has 0 saturated heterocycles. The van der Waals surface area contributed by atoms with Gasteiger partial charge >= 0.3 is 0 Å². The summed E-state index contributed by atoms with van der Waals surface area (Å²) >= 11 is 0. The third-order valence-electron chi connectivity index (χ3n) is 2.96. The summed E-state index contributed by atoms with van der Waals surface area (Å²) in [6.07, 6.45) is 0. The molecule has 0 aliphatic rings. The van der Waals surface area contributed by atoms with Crippen LogP contribution in [0.5, 0.6) is 0 Å². The Morgan fingerprint density at radius 3 is 2.18 bits per heavy atom. The summed E-state index contributed by atoms with van der Waals surface area (Å²) in [5.74, 6) is -0.294. The Labute approximate surface area is 103 Å². The molecule has 94 valence electrons. The highest BCUT2D eigenvalue weighted by Crippen LogP contribution is 2.14. The monoisotopic (exact) mass is 235 g/mol. The van der Waals surface area contributed by atoms with Crippen LogP contribution in [0.2, 0.25) is 0 Å². The molecule has 2 N–H and O–H groups in total. The van der Waals surface area contributed by atoms with Gasteiger partial charge in [0.15, 0.2) is 0 Å². The van der Waals surface area contributed by atoms with Crippen LogP contribution in [0.15, 0.2) is 24.3 Å². The van der Waals surface area contributed by atoms with Crippen molar-refractivity contribution in [1.82, 2.24) is 4.90 Å². The maximum absolute atomic E-state index is 11.0. The lowest BCUT2D eigenvalue weighted by molar-refractivity contribution is -0.122. The minimum Gasteiger partial charge on any atom is -0.378 e. The predicted molar refractivity (Wildman–Crippen MR) is 70.9 cm³/mol. The fourth-order valence-corrected chi connectivity index (χ4v) is 1.54. The Kier molecular flexibility index (Phi) is 4.52. The first kappa shape index (κ1) is 13.5. The van der Waals surface area contributed by atoms with Gasteiger partial charge < -0.3 is 10.6 Å². The number of amides is 1. The molecule has 0 saturated carbocycles. The normalized spacial score (nSPS) is 12.5. The van der Waals surface area contributed by atoms with Gasteiger partial charge in [0.05, 0.1) is 6.04 Å². The third-order valence-corrected chi connectivity index (χ3v) is 2.96. The standard InChI is InChI=1S/C13H21N3O/c1-10(13(14)17)16(4)9-11-5-7-12(8-6-11)15(2)3/h5-8,10H,9H2,1-4H3,(H2,14,17)/t10-/m1/s1. The lowest BCUT2D eigenvalue weighted by Crippen LogP contribution is -2.39. The first-order chi connectivity index (χ1) is 7.91. The van der Waals surface area contributed by atoms with Crippen molar-refractivity contribution in [2.24, 2.45) is 5.73 Å². The second kappa shape index (κ2) is 5.68. The van der Waals surface area contributed by atoms with Crippen molar-refractivity contribution in [3.05, 3.63) is 29.8 Å². The van der Waals surface area contributed by atoms with Gasteiger partial charge in [0.1, 0.15) is 0 Å². The minimum atomic E-state index is -0.294. The van der Waals surface area contributed by atoms with E-state index in [1.165, 1.54) is 11.3 Å². The zero-order valence-corrected chi connectivity index (χ0v) is 11.0. The van der Waals surface area contributed by atoms with E-state index in [9.17, 15) is 4.79 Å². The van der Waals surface area contributed by atoms with Gasteiger partial charge in [-0.15, -0.1) is 0 Å². The summed E-state index contributed by atoms with van der Waals surface area (Å²) in [4.78, 5) is 15.0. The van der Waals surface area contributed by atoms with E-state index in [0.717, 1.165) is 6.54 Å². The van der Waals surface area contributed by atoms with Crippen molar-refractivity contribution in [2.75, 3.05) is 26.0 Å². The number of carbonyl (C=O) groups is 1. The number of rotatable bonds is 5. The van der Waals surface area contributed by atoms with E-state index < -0.39 is 0 Å². The average molecular weight is 235 g/mol. The van der Waals surface area contributed by atoms with Crippen LogP contribution in [0.1, 0.15) is 12.5 Å². The molecule has 0 aliphatic carbocycles. The molecule has 1 amide bonds. The van der Waals surface area contributed by atoms with E-state index in [2.05, 4.69) is 29.2 Å². The van der Waals surface area contributed by atoms with Crippen LogP contribution in [0.3, 0.4) is 0 Å². The van der Waals surface area contributed by atoms with E-state index in [1.807, 2.05) is 33.0 Å². The van der Waals surface area contributed by atoms with Gasteiger partial charge in [-0.25, -0.2) is 0 Å². The van der Waals surface area contributed by atoms with Crippen molar-refractivity contribution in [3.63, 3.8) is 0 Å². The van der Waals surface area contributed by atoms with E-state index in [4.69, 9.17) is 5.73 Å². The van der Waals surface area contributed by atoms with Gasteiger partial charge in [0.25, 0.3) is 0 Å². The predicted octanol–water partition coefficient (Wildman–Crippen LogP) is 1.06. The first-order valence-corrected chi connectivity index (χ1v) is 5.67. The van der Waals surface area contributed by atoms with E-state index in [-0.39, 0.29) is 11.9 Å². The lowest BCUT2D eigenvalue weighted by Gasteiger charge is -2.22. The number of primary amides is 1. The summed E-state index contributed by atoms with van der Waals surface area (Å²) in [5.41, 5.74) is 7.61. The van der Waals surface area contributed by atoms with Gasteiger partial charge in [0.2, 0.25) is 5.91 Å². The average Bonchev–Trinajstić information content (AvgIpc) is 2.28. The molecule has 0 fully saturated rings. The SMILES string of the molecule is C[C@H](C(N)=O)N(C)Cc1ccc(N(C)C)cc1. The quantitative estimate of drug-likeness (QED) is 0.830. The highest BCUT2D eigenvalue weighted by atomic mass is 16.1. The Morgan fingerprint density at radius 2 is 1.76 bits per heavy atom. The zero-order chi connectivity index (χ0) is 13.0. The molecule has 4 nitrogen and oxygen atoms in total. The fourth-order valence-electron chi connectivity index (χ4n) is 1.54. The second-order valence-corrected chi connectivity index (χ2v) is 4.55. The van der Waals surface area contributed by atoms with Gasteiger partial charge in [-0.2, -0.15) is 0 Å². The second-order valence-electron chi connectivity index (χ2n) is 4.55. The molecule has 1 rings (SSSR count). The topological polar surface area (TPSA) is 49.6 Å². The number of nitrogens with zero attached hydrogens (tertiary/aromatic N) is 2. The fraction of sp³-hybridized carbons (Fsp3) is 0.462. The molecule has 4 heteroatoms. The van der Waals surface area contributed by atoms with Crippen molar-refractivity contribution in [1.29, 1.82) is 0 Å². The van der Waals surface area contributed by atoms with E-state index in [1.54, 1.807) is 0 Å². The van der Waals surface area contributed by atoms with Crippen LogP contribution in [0.4, 0.5) is 5.69 Å². The smallest absolute Gasteiger partial charge is 0.234 e. The molecule has 0 aromatic heterocycles. The number of benzene rings is 1. The third kappa shape index (κ3) is 3.75. The molecule has 1 aromatic rings. The van der Waals surface area contributed by atoms with Gasteiger partial charge in [-0.05, 0) is 31.7 Å². The molecule has 17 heavy (non-hydrogen) atoms. The summed E-state index contributed by atoms with van der Waals surface area (Å²) in [5, 5.41) is 0. The largest absolute Gasteiger partial charge is 0.378 e. The Morgan fingerprint density at radius 1 is 1.24 bits per heavy atom. The Balaban J connectivity index is 2.66. The van der Waals surface area contributed by atoms with Crippen LogP contribution in [0.25, 0.3) is 0 Å². The lowest BCUT2D eigenvalue weighted by atomic mass is 10.1. The zero-order valence-electron chi connectivity index (χ0n) is 11.0. The van der Waals surface area contributed by atoms with E-state index in [0.29, 0.717) is 0 Å². The molecular formula is C13H21N3O. The number of hydrogen-bond acceptors (Lipinski definition) is 3. The van der Waals surface area contributed by atoms with Crippen molar-refractivity contribution < 1.29 is 4.79 Å². The Bertz CT molecular complexity index is 373. The minimum absolute atomic E-state index is 0.247. The number of carbonyl (C=O) groups excluding carboxylic acids is 1. The first-order valence-electron chi connectivity index (χ1n) is 5.67. The number of anilines is 1. The number of nitrogens with two attached hydrogens (primary N) is 1. The highest BCUT2D eigenvalue weighted by molar-refractivity contribution is 5.79. The summed E-state index contributed by atoms with van der Waals surface area (Å²) in [6, 6.07) is 8.03. The van der Waals surface area contributed by atoms with Crippen molar-refractivity contribution in [3.8, 4) is 0 Å². The van der Waals surface area contributed by atoms with Crippen LogP contribution >= 0.6 is 0 Å². The maximum atomic E-state index is 11.0. The van der Waals surface area contributed by atoms with Gasteiger partial charge in [-0.3, -0.25) is 9.69 Å². The molecule has 1 aromatic carbocycles. The summed E-state index contributed by atoms with van der Waals surface area (Å²) in [6.45, 7) is 2.54. The van der Waals surface area contributed by atoms with Crippen LogP contribution in [-0.4, -0.2) is 38.0 Å². The van der Waals surface area contributed by atoms with Gasteiger partial charge in [0, 0.05) is 26.3 Å². The highest BCUT2D eigenvalue weighted by Gasteiger charge is 2.14. The number of likely N-dealkylation sites (N-methyl/N-ethyl adjacent to an activating group) is 1. The molecule has 0 spiro atoms. The Hall–Kier alpha value is -1.55. The van der Waals surface area contributed by atoms with Gasteiger partial charge in [-0.1, -0.05) is 12.1 Å². The molecule has 0 bridgehead atoms. The van der Waals surface area contributed by atoms with E-state index >= 15 is 0 Å². The molecule has 1 atom stereocenters. The summed E-state index contributed by atoms with van der Waals surface area (Å²) in [7, 11) is 5.92. The molecule has 0 unspecified atom stereocenters. The molecule has 0 aliphatic heterocycles. The summed E-state index contributed by atoms with van der Waals surface area (Å²) < 4.78 is 0. The van der Waals surface area contributed by atoms with Crippen LogP contribution in [-0.2, 0) is 11.3 Å². The maximum Gasteiger partial charge on any atom is 0.234 e. The van der Waals surface area contributed by atoms with Crippen molar-refractivity contribution >= 4 is 11.6 Å². The van der Waals surface area contributed by atoms with Crippen LogP contribution in [0, 0.1) is 0 Å². The van der Waals surface area contributed by atoms with Crippen molar-refractivity contribution in [2.45, 2.75) is 19.5 Å². The molecule has 0 heterocycles. The number of hydrogen-bond donors (Lipinski definition) is 1. The molecular weight excluding hydrogens is 214 g/mol. The van der Waals surface area contributed by atoms with Crippen LogP contribution < -0.4 is 10.6 Å².